The minimum absolute atomic E-state index is 0.116. The number of carbonyl (C=O) groups is 2. The highest BCUT2D eigenvalue weighted by molar-refractivity contribution is 6.04. The van der Waals surface area contributed by atoms with E-state index in [1.807, 2.05) is 25.1 Å². The maximum absolute atomic E-state index is 12.8. The summed E-state index contributed by atoms with van der Waals surface area (Å²) in [6.07, 6.45) is 4.33. The Balaban J connectivity index is 1.76. The largest absolute Gasteiger partial charge is 0.497 e. The Morgan fingerprint density at radius 1 is 1.00 bits per heavy atom. The third kappa shape index (κ3) is 5.65. The van der Waals surface area contributed by atoms with Crippen molar-refractivity contribution in [3.05, 3.63) is 48.0 Å². The smallest absolute Gasteiger partial charge is 0.323 e. The zero-order valence-corrected chi connectivity index (χ0v) is 17.7. The second kappa shape index (κ2) is 10.5. The lowest BCUT2D eigenvalue weighted by atomic mass is 10.1. The van der Waals surface area contributed by atoms with E-state index in [1.54, 1.807) is 31.4 Å². The van der Waals surface area contributed by atoms with Crippen LogP contribution in [0.2, 0.25) is 0 Å². The van der Waals surface area contributed by atoms with Crippen LogP contribution in [0.25, 0.3) is 0 Å². The van der Waals surface area contributed by atoms with Crippen LogP contribution in [0.5, 0.6) is 5.75 Å². The van der Waals surface area contributed by atoms with Gasteiger partial charge in [-0.2, -0.15) is 0 Å². The summed E-state index contributed by atoms with van der Waals surface area (Å²) in [5.74, 6) is 0.544. The third-order valence-electron chi connectivity index (χ3n) is 5.06. The lowest BCUT2D eigenvalue weighted by Gasteiger charge is -2.30. The fourth-order valence-corrected chi connectivity index (χ4v) is 3.53. The average molecular weight is 411 g/mol. The maximum atomic E-state index is 12.8. The van der Waals surface area contributed by atoms with Gasteiger partial charge in [0.15, 0.2) is 0 Å². The molecule has 3 N–H and O–H groups in total. The van der Waals surface area contributed by atoms with E-state index in [2.05, 4.69) is 20.9 Å². The molecule has 0 bridgehead atoms. The number of methoxy groups -OCH3 is 1. The number of hydrogen-bond donors (Lipinski definition) is 3. The van der Waals surface area contributed by atoms with E-state index in [1.165, 1.54) is 6.42 Å². The molecule has 0 aromatic heterocycles. The van der Waals surface area contributed by atoms with Gasteiger partial charge in [0.05, 0.1) is 12.7 Å². The van der Waals surface area contributed by atoms with Gasteiger partial charge in [0.1, 0.15) is 5.75 Å². The zero-order valence-electron chi connectivity index (χ0n) is 17.7. The molecule has 7 heteroatoms. The van der Waals surface area contributed by atoms with Gasteiger partial charge in [-0.1, -0.05) is 13.0 Å². The van der Waals surface area contributed by atoms with Gasteiger partial charge in [-0.3, -0.25) is 4.79 Å². The first-order valence-corrected chi connectivity index (χ1v) is 10.5. The Morgan fingerprint density at radius 3 is 2.43 bits per heavy atom. The number of carbonyl (C=O) groups excluding carboxylic acids is 2. The van der Waals surface area contributed by atoms with Crippen LogP contribution in [0.1, 0.15) is 43.0 Å². The lowest BCUT2D eigenvalue weighted by molar-refractivity contribution is 0.0954. The number of amides is 3. The molecule has 0 saturated carbocycles. The molecule has 160 valence electrons. The number of hydrogen-bond acceptors (Lipinski definition) is 4. The lowest BCUT2D eigenvalue weighted by Crippen LogP contribution is -2.33. The second-order valence-corrected chi connectivity index (χ2v) is 7.35. The molecule has 2 aromatic carbocycles. The Kier molecular flexibility index (Phi) is 7.54. The molecule has 1 heterocycles. The fraction of sp³-hybridized carbons (Fsp3) is 0.391. The van der Waals surface area contributed by atoms with Crippen LogP contribution in [0.15, 0.2) is 42.5 Å². The van der Waals surface area contributed by atoms with Crippen LogP contribution in [0.3, 0.4) is 0 Å². The molecule has 30 heavy (non-hydrogen) atoms. The molecule has 7 nitrogen and oxygen atoms in total. The first-order valence-electron chi connectivity index (χ1n) is 10.5. The second-order valence-electron chi connectivity index (χ2n) is 7.35. The number of rotatable bonds is 7. The van der Waals surface area contributed by atoms with Crippen molar-refractivity contribution < 1.29 is 14.3 Å². The van der Waals surface area contributed by atoms with Crippen LogP contribution >= 0.6 is 0 Å². The molecule has 1 aliphatic rings. The number of nitrogens with zero attached hydrogens (tertiary/aromatic N) is 1. The molecule has 3 rings (SSSR count). The minimum atomic E-state index is -0.381. The summed E-state index contributed by atoms with van der Waals surface area (Å²) < 4.78 is 5.18. The van der Waals surface area contributed by atoms with Gasteiger partial charge in [0.25, 0.3) is 5.91 Å². The van der Waals surface area contributed by atoms with Gasteiger partial charge < -0.3 is 25.6 Å². The third-order valence-corrected chi connectivity index (χ3v) is 5.06. The van der Waals surface area contributed by atoms with E-state index in [9.17, 15) is 9.59 Å². The first kappa shape index (κ1) is 21.5. The molecule has 0 spiro atoms. The summed E-state index contributed by atoms with van der Waals surface area (Å²) in [7, 11) is 1.58. The van der Waals surface area contributed by atoms with Crippen molar-refractivity contribution in [2.45, 2.75) is 32.6 Å². The van der Waals surface area contributed by atoms with Crippen molar-refractivity contribution in [1.82, 2.24) is 5.32 Å². The number of benzene rings is 2. The van der Waals surface area contributed by atoms with Crippen LogP contribution in [0, 0.1) is 0 Å². The summed E-state index contributed by atoms with van der Waals surface area (Å²) in [5.41, 5.74) is 2.70. The summed E-state index contributed by atoms with van der Waals surface area (Å²) >= 11 is 0. The Bertz CT molecular complexity index is 879. The number of nitrogens with one attached hydrogen (secondary N) is 3. The first-order chi connectivity index (χ1) is 14.6. The number of anilines is 3. The predicted octanol–water partition coefficient (Wildman–Crippen LogP) is 4.47. The van der Waals surface area contributed by atoms with E-state index in [0.717, 1.165) is 38.0 Å². The normalized spacial score (nSPS) is 13.5. The van der Waals surface area contributed by atoms with Gasteiger partial charge in [0.2, 0.25) is 0 Å². The Hall–Kier alpha value is -3.22. The van der Waals surface area contributed by atoms with Crippen LogP contribution < -0.4 is 25.6 Å². The molecule has 3 amide bonds. The van der Waals surface area contributed by atoms with Crippen molar-refractivity contribution in [2.75, 3.05) is 42.3 Å². The monoisotopic (exact) mass is 410 g/mol. The molecule has 1 saturated heterocycles. The molecule has 0 radical (unpaired) electrons. The van der Waals surface area contributed by atoms with Gasteiger partial charge >= 0.3 is 6.03 Å². The van der Waals surface area contributed by atoms with Gasteiger partial charge in [-0.15, -0.1) is 0 Å². The van der Waals surface area contributed by atoms with E-state index in [-0.39, 0.29) is 11.9 Å². The standard InChI is InChI=1S/C23H30N4O3/c1-3-12-24-22(28)20-16-18(10-11-21(20)27-13-5-4-6-14-27)26-23(29)25-17-8-7-9-19(15-17)30-2/h7-11,15-16H,3-6,12-14H2,1-2H3,(H,24,28)(H2,25,26,29). The summed E-state index contributed by atoms with van der Waals surface area (Å²) in [6.45, 7) is 4.52. The zero-order chi connectivity index (χ0) is 21.3. The van der Waals surface area contributed by atoms with E-state index >= 15 is 0 Å². The minimum Gasteiger partial charge on any atom is -0.497 e. The Labute approximate surface area is 177 Å². The number of urea groups is 1. The molecule has 0 aliphatic carbocycles. The number of piperidine rings is 1. The number of ether oxygens (including phenoxy) is 1. The predicted molar refractivity (Wildman–Crippen MR) is 121 cm³/mol. The molecule has 2 aromatic rings. The highest BCUT2D eigenvalue weighted by atomic mass is 16.5. The van der Waals surface area contributed by atoms with Crippen LogP contribution in [-0.4, -0.2) is 38.7 Å². The fourth-order valence-electron chi connectivity index (χ4n) is 3.53. The van der Waals surface area contributed by atoms with Gasteiger partial charge in [0, 0.05) is 42.8 Å². The molecule has 0 unspecified atom stereocenters. The van der Waals surface area contributed by atoms with Crippen LogP contribution in [0.4, 0.5) is 21.9 Å². The van der Waals surface area contributed by atoms with Crippen molar-refractivity contribution in [3.8, 4) is 5.75 Å². The molecule has 1 fully saturated rings. The van der Waals surface area contributed by atoms with Crippen molar-refractivity contribution in [1.29, 1.82) is 0 Å². The van der Waals surface area contributed by atoms with Gasteiger partial charge in [-0.05, 0) is 56.0 Å². The van der Waals surface area contributed by atoms with E-state index in [0.29, 0.717) is 29.2 Å². The summed E-state index contributed by atoms with van der Waals surface area (Å²) in [4.78, 5) is 27.5. The van der Waals surface area contributed by atoms with Crippen molar-refractivity contribution in [3.63, 3.8) is 0 Å². The Morgan fingerprint density at radius 2 is 1.73 bits per heavy atom. The highest BCUT2D eigenvalue weighted by Crippen LogP contribution is 2.27. The van der Waals surface area contributed by atoms with E-state index < -0.39 is 0 Å². The molecule has 0 atom stereocenters. The summed E-state index contributed by atoms with van der Waals surface area (Å²) in [6, 6.07) is 12.3. The van der Waals surface area contributed by atoms with Gasteiger partial charge in [-0.25, -0.2) is 4.79 Å². The van der Waals surface area contributed by atoms with Crippen molar-refractivity contribution in [2.24, 2.45) is 0 Å². The quantitative estimate of drug-likeness (QED) is 0.629. The maximum Gasteiger partial charge on any atom is 0.323 e. The molecule has 1 aliphatic heterocycles. The average Bonchev–Trinajstić information content (AvgIpc) is 2.78. The molecular formula is C23H30N4O3. The van der Waals surface area contributed by atoms with Crippen molar-refractivity contribution >= 4 is 29.0 Å². The highest BCUT2D eigenvalue weighted by Gasteiger charge is 2.19. The van der Waals surface area contributed by atoms with E-state index in [4.69, 9.17) is 4.74 Å². The summed E-state index contributed by atoms with van der Waals surface area (Å²) in [5, 5.41) is 8.56. The van der Waals surface area contributed by atoms with Crippen LogP contribution in [-0.2, 0) is 0 Å². The SMILES string of the molecule is CCCNC(=O)c1cc(NC(=O)Nc2cccc(OC)c2)ccc1N1CCCCC1. The molecular weight excluding hydrogens is 380 g/mol. The topological polar surface area (TPSA) is 82.7 Å².